The molecule has 3 atom stereocenters. The SMILES string of the molecule is CCC(C)C1CN(C(CC)CC)C(C(C)C)CN1. The zero-order valence-electron chi connectivity index (χ0n) is 13.4. The van der Waals surface area contributed by atoms with Gasteiger partial charge in [-0.3, -0.25) is 4.90 Å². The van der Waals surface area contributed by atoms with Crippen LogP contribution in [-0.4, -0.2) is 36.1 Å². The van der Waals surface area contributed by atoms with Gasteiger partial charge in [0.25, 0.3) is 0 Å². The standard InChI is InChI=1S/C16H34N2/c1-7-13(6)15-11-18(14(8-2)9-3)16(10-17-15)12(4)5/h12-17H,7-11H2,1-6H3. The fourth-order valence-electron chi connectivity index (χ4n) is 3.28. The molecule has 1 N–H and O–H groups in total. The van der Waals surface area contributed by atoms with Crippen molar-refractivity contribution in [1.29, 1.82) is 0 Å². The Bertz CT molecular complexity index is 223. The third-order valence-corrected chi connectivity index (χ3v) is 4.93. The molecule has 0 aromatic heterocycles. The molecule has 1 aliphatic heterocycles. The maximum absolute atomic E-state index is 3.79. The topological polar surface area (TPSA) is 15.3 Å². The van der Waals surface area contributed by atoms with Crippen LogP contribution in [0.1, 0.15) is 60.8 Å². The van der Waals surface area contributed by atoms with Crippen LogP contribution >= 0.6 is 0 Å². The third kappa shape index (κ3) is 3.71. The van der Waals surface area contributed by atoms with Gasteiger partial charge in [0.05, 0.1) is 0 Å². The van der Waals surface area contributed by atoms with Gasteiger partial charge >= 0.3 is 0 Å². The van der Waals surface area contributed by atoms with Crippen LogP contribution in [-0.2, 0) is 0 Å². The average molecular weight is 254 g/mol. The van der Waals surface area contributed by atoms with Crippen LogP contribution in [0.4, 0.5) is 0 Å². The minimum atomic E-state index is 0.686. The number of nitrogens with one attached hydrogen (secondary N) is 1. The Morgan fingerprint density at radius 1 is 1.06 bits per heavy atom. The van der Waals surface area contributed by atoms with Gasteiger partial charge in [-0.05, 0) is 24.7 Å². The van der Waals surface area contributed by atoms with Crippen LogP contribution in [0.25, 0.3) is 0 Å². The molecule has 2 nitrogen and oxygen atoms in total. The number of piperazine rings is 1. The molecule has 1 heterocycles. The molecule has 0 aromatic rings. The van der Waals surface area contributed by atoms with Crippen molar-refractivity contribution in [1.82, 2.24) is 10.2 Å². The van der Waals surface area contributed by atoms with Gasteiger partial charge in [-0.25, -0.2) is 0 Å². The van der Waals surface area contributed by atoms with Crippen molar-refractivity contribution >= 4 is 0 Å². The molecule has 0 amide bonds. The van der Waals surface area contributed by atoms with E-state index in [9.17, 15) is 0 Å². The smallest absolute Gasteiger partial charge is 0.0247 e. The van der Waals surface area contributed by atoms with Gasteiger partial charge in [-0.1, -0.05) is 48.0 Å². The zero-order chi connectivity index (χ0) is 13.7. The van der Waals surface area contributed by atoms with E-state index in [-0.39, 0.29) is 0 Å². The Hall–Kier alpha value is -0.0800. The first-order valence-electron chi connectivity index (χ1n) is 8.04. The molecule has 1 fully saturated rings. The van der Waals surface area contributed by atoms with Gasteiger partial charge < -0.3 is 5.32 Å². The largest absolute Gasteiger partial charge is 0.311 e. The van der Waals surface area contributed by atoms with E-state index >= 15 is 0 Å². The Balaban J connectivity index is 2.75. The lowest BCUT2D eigenvalue weighted by Gasteiger charge is -2.47. The molecule has 0 bridgehead atoms. The molecular formula is C16H34N2. The molecule has 0 spiro atoms. The minimum absolute atomic E-state index is 0.686. The van der Waals surface area contributed by atoms with Crippen molar-refractivity contribution in [3.05, 3.63) is 0 Å². The van der Waals surface area contributed by atoms with Gasteiger partial charge in [0.1, 0.15) is 0 Å². The van der Waals surface area contributed by atoms with E-state index in [0.717, 1.165) is 23.9 Å². The Morgan fingerprint density at radius 3 is 2.11 bits per heavy atom. The lowest BCUT2D eigenvalue weighted by molar-refractivity contribution is 0.0398. The highest BCUT2D eigenvalue weighted by molar-refractivity contribution is 4.92. The molecular weight excluding hydrogens is 220 g/mol. The summed E-state index contributed by atoms with van der Waals surface area (Å²) in [5.74, 6) is 1.53. The number of hydrogen-bond acceptors (Lipinski definition) is 2. The van der Waals surface area contributed by atoms with Crippen molar-refractivity contribution in [2.24, 2.45) is 11.8 Å². The molecule has 2 heteroatoms. The fraction of sp³-hybridized carbons (Fsp3) is 1.00. The number of nitrogens with zero attached hydrogens (tertiary/aromatic N) is 1. The van der Waals surface area contributed by atoms with E-state index in [4.69, 9.17) is 0 Å². The average Bonchev–Trinajstić information content (AvgIpc) is 2.38. The minimum Gasteiger partial charge on any atom is -0.311 e. The first kappa shape index (κ1) is 16.0. The summed E-state index contributed by atoms with van der Waals surface area (Å²) in [6.45, 7) is 16.5. The second kappa shape index (κ2) is 7.49. The normalized spacial score (nSPS) is 28.0. The summed E-state index contributed by atoms with van der Waals surface area (Å²) in [7, 11) is 0. The van der Waals surface area contributed by atoms with Gasteiger partial charge in [-0.2, -0.15) is 0 Å². The summed E-state index contributed by atoms with van der Waals surface area (Å²) in [5.41, 5.74) is 0. The first-order chi connectivity index (χ1) is 8.54. The molecule has 0 radical (unpaired) electrons. The Morgan fingerprint density at radius 2 is 1.67 bits per heavy atom. The van der Waals surface area contributed by atoms with Crippen LogP contribution in [0, 0.1) is 11.8 Å². The number of hydrogen-bond donors (Lipinski definition) is 1. The molecule has 18 heavy (non-hydrogen) atoms. The van der Waals surface area contributed by atoms with Gasteiger partial charge in [0, 0.05) is 31.2 Å². The van der Waals surface area contributed by atoms with Crippen molar-refractivity contribution in [2.45, 2.75) is 78.9 Å². The van der Waals surface area contributed by atoms with Crippen molar-refractivity contribution in [3.8, 4) is 0 Å². The van der Waals surface area contributed by atoms with Crippen LogP contribution in [0.2, 0.25) is 0 Å². The van der Waals surface area contributed by atoms with Crippen LogP contribution in [0.3, 0.4) is 0 Å². The molecule has 0 aromatic carbocycles. The monoisotopic (exact) mass is 254 g/mol. The third-order valence-electron chi connectivity index (χ3n) is 4.93. The van der Waals surface area contributed by atoms with E-state index in [1.165, 1.54) is 32.4 Å². The lowest BCUT2D eigenvalue weighted by atomic mass is 9.90. The summed E-state index contributed by atoms with van der Waals surface area (Å²) >= 11 is 0. The summed E-state index contributed by atoms with van der Waals surface area (Å²) in [6, 6.07) is 2.17. The summed E-state index contributed by atoms with van der Waals surface area (Å²) in [6.07, 6.45) is 3.85. The molecule has 108 valence electrons. The van der Waals surface area contributed by atoms with Crippen LogP contribution < -0.4 is 5.32 Å². The highest BCUT2D eigenvalue weighted by Crippen LogP contribution is 2.24. The van der Waals surface area contributed by atoms with E-state index < -0.39 is 0 Å². The molecule has 0 aliphatic carbocycles. The second-order valence-electron chi connectivity index (χ2n) is 6.38. The van der Waals surface area contributed by atoms with Crippen molar-refractivity contribution in [3.63, 3.8) is 0 Å². The molecule has 0 saturated carbocycles. The first-order valence-corrected chi connectivity index (χ1v) is 8.04. The Labute approximate surface area is 115 Å². The number of rotatable bonds is 6. The van der Waals surface area contributed by atoms with Gasteiger partial charge in [0.15, 0.2) is 0 Å². The van der Waals surface area contributed by atoms with E-state index in [1.807, 2.05) is 0 Å². The molecule has 1 aliphatic rings. The van der Waals surface area contributed by atoms with E-state index in [1.54, 1.807) is 0 Å². The van der Waals surface area contributed by atoms with E-state index in [2.05, 4.69) is 51.8 Å². The van der Waals surface area contributed by atoms with Crippen molar-refractivity contribution < 1.29 is 0 Å². The van der Waals surface area contributed by atoms with Crippen LogP contribution in [0.5, 0.6) is 0 Å². The quantitative estimate of drug-likeness (QED) is 0.780. The Kier molecular flexibility index (Phi) is 6.65. The lowest BCUT2D eigenvalue weighted by Crippen LogP contribution is -2.62. The maximum Gasteiger partial charge on any atom is 0.0247 e. The molecule has 1 saturated heterocycles. The summed E-state index contributed by atoms with van der Waals surface area (Å²) in [5, 5.41) is 3.79. The second-order valence-corrected chi connectivity index (χ2v) is 6.38. The maximum atomic E-state index is 3.79. The van der Waals surface area contributed by atoms with Crippen molar-refractivity contribution in [2.75, 3.05) is 13.1 Å². The van der Waals surface area contributed by atoms with E-state index in [0.29, 0.717) is 6.04 Å². The highest BCUT2D eigenvalue weighted by atomic mass is 15.3. The fourth-order valence-corrected chi connectivity index (χ4v) is 3.28. The zero-order valence-corrected chi connectivity index (χ0v) is 13.4. The highest BCUT2D eigenvalue weighted by Gasteiger charge is 2.34. The predicted molar refractivity (Wildman–Crippen MR) is 80.9 cm³/mol. The molecule has 1 rings (SSSR count). The summed E-state index contributed by atoms with van der Waals surface area (Å²) < 4.78 is 0. The molecule has 3 unspecified atom stereocenters. The van der Waals surface area contributed by atoms with Gasteiger partial charge in [0.2, 0.25) is 0 Å². The van der Waals surface area contributed by atoms with Crippen LogP contribution in [0.15, 0.2) is 0 Å². The summed E-state index contributed by atoms with van der Waals surface area (Å²) in [4.78, 5) is 2.80. The predicted octanol–water partition coefficient (Wildman–Crippen LogP) is 3.52. The van der Waals surface area contributed by atoms with Gasteiger partial charge in [-0.15, -0.1) is 0 Å².